The second-order valence-corrected chi connectivity index (χ2v) is 6.55. The number of ketones is 1. The number of hydrogen-bond acceptors (Lipinski definition) is 1. The lowest BCUT2D eigenvalue weighted by atomic mass is 9.99. The molecule has 1 nitrogen and oxygen atoms in total. The van der Waals surface area contributed by atoms with Crippen molar-refractivity contribution < 1.29 is 4.79 Å². The first-order chi connectivity index (χ1) is 8.90. The van der Waals surface area contributed by atoms with Gasteiger partial charge in [-0.05, 0) is 55.3 Å². The number of rotatable bonds is 2. The summed E-state index contributed by atoms with van der Waals surface area (Å²) in [6.45, 7) is 3.95. The smallest absolute Gasteiger partial charge is 0.195 e. The van der Waals surface area contributed by atoms with Crippen LogP contribution in [0, 0.1) is 13.8 Å². The van der Waals surface area contributed by atoms with Crippen LogP contribution in [-0.2, 0) is 0 Å². The van der Waals surface area contributed by atoms with E-state index in [9.17, 15) is 4.79 Å². The molecule has 2 rings (SSSR count). The predicted octanol–water partition coefficient (Wildman–Crippen LogP) is 5.71. The van der Waals surface area contributed by atoms with E-state index in [0.29, 0.717) is 16.1 Å². The Hall–Kier alpha value is -0.640. The Morgan fingerprint density at radius 2 is 1.63 bits per heavy atom. The molecule has 0 saturated carbocycles. The van der Waals surface area contributed by atoms with E-state index >= 15 is 0 Å². The molecule has 0 spiro atoms. The molecule has 0 atom stereocenters. The highest BCUT2D eigenvalue weighted by Crippen LogP contribution is 2.28. The molecule has 0 bridgehead atoms. The minimum Gasteiger partial charge on any atom is -0.289 e. The molecule has 0 aliphatic carbocycles. The monoisotopic (exact) mass is 400 g/mol. The zero-order valence-corrected chi connectivity index (χ0v) is 14.4. The normalized spacial score (nSPS) is 10.6. The van der Waals surface area contributed by atoms with Gasteiger partial charge in [-0.3, -0.25) is 4.79 Å². The summed E-state index contributed by atoms with van der Waals surface area (Å²) in [4.78, 5) is 12.6. The molecule has 98 valence electrons. The molecule has 0 saturated heterocycles. The van der Waals surface area contributed by atoms with Gasteiger partial charge in [-0.15, -0.1) is 0 Å². The maximum absolute atomic E-state index is 12.6. The van der Waals surface area contributed by atoms with Crippen LogP contribution in [0.1, 0.15) is 27.0 Å². The van der Waals surface area contributed by atoms with Gasteiger partial charge in [-0.25, -0.2) is 0 Å². The fraction of sp³-hybridized carbons (Fsp3) is 0.133. The van der Waals surface area contributed by atoms with Crippen molar-refractivity contribution in [1.29, 1.82) is 0 Å². The second kappa shape index (κ2) is 5.78. The van der Waals surface area contributed by atoms with Crippen LogP contribution in [0.5, 0.6) is 0 Å². The SMILES string of the molecule is Cc1cc(Cl)c(C(=O)c2cc(Br)ccc2Br)cc1C. The predicted molar refractivity (Wildman–Crippen MR) is 86.2 cm³/mol. The zero-order valence-electron chi connectivity index (χ0n) is 10.4. The first-order valence-corrected chi connectivity index (χ1v) is 7.63. The van der Waals surface area contributed by atoms with Gasteiger partial charge in [-0.2, -0.15) is 0 Å². The fourth-order valence-corrected chi connectivity index (χ4v) is 2.86. The number of carbonyl (C=O) groups excluding carboxylic acids is 1. The van der Waals surface area contributed by atoms with Crippen molar-refractivity contribution >= 4 is 49.2 Å². The first-order valence-electron chi connectivity index (χ1n) is 5.66. The standard InChI is InChI=1S/C15H11Br2ClO/c1-8-5-12(14(18)6-9(8)2)15(19)11-7-10(16)3-4-13(11)17/h3-7H,1-2H3. The van der Waals surface area contributed by atoms with Crippen LogP contribution in [0.2, 0.25) is 5.02 Å². The number of benzene rings is 2. The Morgan fingerprint density at radius 1 is 1.00 bits per heavy atom. The molecule has 0 N–H and O–H groups in total. The second-order valence-electron chi connectivity index (χ2n) is 4.37. The molecule has 0 aliphatic heterocycles. The quantitative estimate of drug-likeness (QED) is 0.588. The van der Waals surface area contributed by atoms with Crippen molar-refractivity contribution in [3.05, 3.63) is 66.6 Å². The van der Waals surface area contributed by atoms with Crippen molar-refractivity contribution in [2.45, 2.75) is 13.8 Å². The van der Waals surface area contributed by atoms with E-state index in [2.05, 4.69) is 31.9 Å². The Morgan fingerprint density at radius 3 is 2.32 bits per heavy atom. The van der Waals surface area contributed by atoms with Crippen molar-refractivity contribution in [2.75, 3.05) is 0 Å². The van der Waals surface area contributed by atoms with Crippen molar-refractivity contribution in [1.82, 2.24) is 0 Å². The Labute approximate surface area is 134 Å². The van der Waals surface area contributed by atoms with Crippen LogP contribution in [-0.4, -0.2) is 5.78 Å². The summed E-state index contributed by atoms with van der Waals surface area (Å²) in [6, 6.07) is 9.18. The van der Waals surface area contributed by atoms with Crippen LogP contribution >= 0.6 is 43.5 Å². The summed E-state index contributed by atoms with van der Waals surface area (Å²) in [5.41, 5.74) is 3.26. The number of halogens is 3. The fourth-order valence-electron chi connectivity index (χ4n) is 1.77. The molecule has 2 aromatic carbocycles. The van der Waals surface area contributed by atoms with Gasteiger partial charge >= 0.3 is 0 Å². The third-order valence-corrected chi connectivity index (χ3v) is 4.50. The Kier molecular flexibility index (Phi) is 4.49. The van der Waals surface area contributed by atoms with Crippen LogP contribution in [0.25, 0.3) is 0 Å². The lowest BCUT2D eigenvalue weighted by molar-refractivity contribution is 0.103. The Balaban J connectivity index is 2.56. The largest absolute Gasteiger partial charge is 0.289 e. The van der Waals surface area contributed by atoms with Crippen molar-refractivity contribution in [2.24, 2.45) is 0 Å². The molecule has 0 amide bonds. The molecule has 0 heterocycles. The molecule has 0 fully saturated rings. The minimum absolute atomic E-state index is 0.0822. The van der Waals surface area contributed by atoms with Crippen LogP contribution in [0.3, 0.4) is 0 Å². The lowest BCUT2D eigenvalue weighted by Crippen LogP contribution is -2.04. The van der Waals surface area contributed by atoms with Gasteiger partial charge in [0.15, 0.2) is 5.78 Å². The van der Waals surface area contributed by atoms with Gasteiger partial charge in [0.2, 0.25) is 0 Å². The van der Waals surface area contributed by atoms with E-state index in [1.807, 2.05) is 38.1 Å². The van der Waals surface area contributed by atoms with E-state index in [-0.39, 0.29) is 5.78 Å². The topological polar surface area (TPSA) is 17.1 Å². The highest BCUT2D eigenvalue weighted by atomic mass is 79.9. The molecular weight excluding hydrogens is 391 g/mol. The summed E-state index contributed by atoms with van der Waals surface area (Å²) >= 11 is 13.0. The van der Waals surface area contributed by atoms with Crippen molar-refractivity contribution in [3.8, 4) is 0 Å². The van der Waals surface area contributed by atoms with Crippen LogP contribution in [0.15, 0.2) is 39.3 Å². The van der Waals surface area contributed by atoms with Gasteiger partial charge < -0.3 is 0 Å². The molecule has 19 heavy (non-hydrogen) atoms. The summed E-state index contributed by atoms with van der Waals surface area (Å²) < 4.78 is 1.62. The van der Waals surface area contributed by atoms with Gasteiger partial charge in [0.05, 0.1) is 5.02 Å². The maximum atomic E-state index is 12.6. The molecule has 0 aromatic heterocycles. The van der Waals surface area contributed by atoms with Gasteiger partial charge in [0.25, 0.3) is 0 Å². The van der Waals surface area contributed by atoms with Crippen molar-refractivity contribution in [3.63, 3.8) is 0 Å². The summed E-state index contributed by atoms with van der Waals surface area (Å²) in [7, 11) is 0. The summed E-state index contributed by atoms with van der Waals surface area (Å²) in [5, 5.41) is 0.486. The molecule has 4 heteroatoms. The lowest BCUT2D eigenvalue weighted by Gasteiger charge is -2.09. The van der Waals surface area contributed by atoms with E-state index < -0.39 is 0 Å². The van der Waals surface area contributed by atoms with Gasteiger partial charge in [0, 0.05) is 20.1 Å². The first kappa shape index (κ1) is 14.8. The number of hydrogen-bond donors (Lipinski definition) is 0. The average Bonchev–Trinajstić information content (AvgIpc) is 2.36. The molecule has 2 aromatic rings. The van der Waals surface area contributed by atoms with Gasteiger partial charge in [0.1, 0.15) is 0 Å². The van der Waals surface area contributed by atoms with Crippen LogP contribution in [0.4, 0.5) is 0 Å². The number of aryl methyl sites for hydroxylation is 2. The van der Waals surface area contributed by atoms with E-state index in [1.165, 1.54) is 0 Å². The molecule has 0 aliphatic rings. The van der Waals surface area contributed by atoms with E-state index in [0.717, 1.165) is 20.1 Å². The number of carbonyl (C=O) groups is 1. The van der Waals surface area contributed by atoms with Crippen LogP contribution < -0.4 is 0 Å². The zero-order chi connectivity index (χ0) is 14.2. The van der Waals surface area contributed by atoms with E-state index in [1.54, 1.807) is 6.07 Å². The molecular formula is C15H11Br2ClO. The van der Waals surface area contributed by atoms with Gasteiger partial charge in [-0.1, -0.05) is 43.5 Å². The average molecular weight is 403 g/mol. The highest BCUT2D eigenvalue weighted by molar-refractivity contribution is 9.11. The highest BCUT2D eigenvalue weighted by Gasteiger charge is 2.17. The Bertz CT molecular complexity index is 665. The minimum atomic E-state index is -0.0822. The molecule has 0 radical (unpaired) electrons. The third-order valence-electron chi connectivity index (χ3n) is 3.00. The summed E-state index contributed by atoms with van der Waals surface area (Å²) in [6.07, 6.45) is 0. The third kappa shape index (κ3) is 3.10. The summed E-state index contributed by atoms with van der Waals surface area (Å²) in [5.74, 6) is -0.0822. The maximum Gasteiger partial charge on any atom is 0.195 e. The van der Waals surface area contributed by atoms with E-state index in [4.69, 9.17) is 11.6 Å². The molecule has 0 unspecified atom stereocenters.